The lowest BCUT2D eigenvalue weighted by atomic mass is 9.92. The first-order valence-corrected chi connectivity index (χ1v) is 7.17. The van der Waals surface area contributed by atoms with E-state index in [-0.39, 0.29) is 24.0 Å². The van der Waals surface area contributed by atoms with E-state index in [1.54, 1.807) is 6.07 Å². The summed E-state index contributed by atoms with van der Waals surface area (Å²) in [6.45, 7) is 2.73. The Morgan fingerprint density at radius 2 is 2.21 bits per heavy atom. The summed E-state index contributed by atoms with van der Waals surface area (Å²) in [6, 6.07) is 7.45. The van der Waals surface area contributed by atoms with Crippen LogP contribution in [0.15, 0.2) is 47.8 Å². The molecule has 1 aromatic heterocycles. The van der Waals surface area contributed by atoms with Crippen LogP contribution < -0.4 is 11.1 Å². The van der Waals surface area contributed by atoms with Gasteiger partial charge in [-0.2, -0.15) is 0 Å². The monoisotopic (exact) mass is 347 g/mol. The maximum Gasteiger partial charge on any atom is 0.275 e. The molecule has 1 aliphatic heterocycles. The maximum atomic E-state index is 12.1. The molecule has 7 nitrogen and oxygen atoms in total. The van der Waals surface area contributed by atoms with Crippen LogP contribution in [-0.4, -0.2) is 34.9 Å². The number of halogens is 1. The van der Waals surface area contributed by atoms with Gasteiger partial charge in [-0.3, -0.25) is 14.8 Å². The summed E-state index contributed by atoms with van der Waals surface area (Å²) in [5, 5.41) is 2.80. The van der Waals surface area contributed by atoms with Crippen molar-refractivity contribution in [3.05, 3.63) is 54.1 Å². The van der Waals surface area contributed by atoms with Gasteiger partial charge in [-0.25, -0.2) is 4.98 Å². The molecule has 0 aliphatic carbocycles. The van der Waals surface area contributed by atoms with Crippen LogP contribution in [0.5, 0.6) is 0 Å². The number of carbonyl (C=O) groups is 1. The molecule has 1 atom stereocenters. The summed E-state index contributed by atoms with van der Waals surface area (Å²) < 4.78 is 5.48. The quantitative estimate of drug-likeness (QED) is 0.880. The van der Waals surface area contributed by atoms with Gasteiger partial charge in [-0.05, 0) is 24.6 Å². The molecule has 1 aliphatic rings. The highest BCUT2D eigenvalue weighted by Gasteiger charge is 2.30. The molecule has 8 heteroatoms. The van der Waals surface area contributed by atoms with E-state index >= 15 is 0 Å². The van der Waals surface area contributed by atoms with E-state index in [2.05, 4.69) is 20.3 Å². The molecule has 0 bridgehead atoms. The zero-order valence-electron chi connectivity index (χ0n) is 13.1. The van der Waals surface area contributed by atoms with Crippen LogP contribution in [-0.2, 0) is 10.3 Å². The van der Waals surface area contributed by atoms with Crippen LogP contribution in [0, 0.1) is 0 Å². The third kappa shape index (κ3) is 3.87. The van der Waals surface area contributed by atoms with Crippen molar-refractivity contribution in [2.75, 3.05) is 18.5 Å². The van der Waals surface area contributed by atoms with Crippen molar-refractivity contribution in [2.45, 2.75) is 12.5 Å². The number of amidine groups is 1. The minimum atomic E-state index is -0.560. The van der Waals surface area contributed by atoms with Gasteiger partial charge in [0.2, 0.25) is 0 Å². The van der Waals surface area contributed by atoms with Crippen LogP contribution in [0.3, 0.4) is 0 Å². The van der Waals surface area contributed by atoms with Gasteiger partial charge in [0.15, 0.2) is 0 Å². The number of nitrogens with two attached hydrogens (primary N) is 1. The van der Waals surface area contributed by atoms with Crippen LogP contribution in [0.4, 0.5) is 5.69 Å². The molecule has 1 unspecified atom stereocenters. The zero-order valence-corrected chi connectivity index (χ0v) is 13.9. The van der Waals surface area contributed by atoms with E-state index in [9.17, 15) is 4.79 Å². The Balaban J connectivity index is 0.00000208. The predicted octanol–water partition coefficient (Wildman–Crippen LogP) is 1.75. The van der Waals surface area contributed by atoms with E-state index in [0.29, 0.717) is 24.7 Å². The molecule has 3 N–H and O–H groups in total. The molecular formula is C16H18ClN5O2. The average molecular weight is 348 g/mol. The van der Waals surface area contributed by atoms with E-state index in [4.69, 9.17) is 10.5 Å². The van der Waals surface area contributed by atoms with Crippen molar-refractivity contribution in [3.63, 3.8) is 0 Å². The van der Waals surface area contributed by atoms with Crippen LogP contribution in [0.2, 0.25) is 0 Å². The molecule has 24 heavy (non-hydrogen) atoms. The van der Waals surface area contributed by atoms with Gasteiger partial charge in [-0.15, -0.1) is 12.4 Å². The third-order valence-corrected chi connectivity index (χ3v) is 3.56. The summed E-state index contributed by atoms with van der Waals surface area (Å²) in [6.07, 6.45) is 4.41. The number of rotatable bonds is 3. The molecule has 126 valence electrons. The molecule has 3 rings (SSSR count). The minimum absolute atomic E-state index is 0. The average Bonchev–Trinajstić information content (AvgIpc) is 2.56. The highest BCUT2D eigenvalue weighted by atomic mass is 35.5. The van der Waals surface area contributed by atoms with Gasteiger partial charge in [-0.1, -0.05) is 12.1 Å². The lowest BCUT2D eigenvalue weighted by Crippen LogP contribution is -2.37. The Labute approximate surface area is 145 Å². The maximum absolute atomic E-state index is 12.1. The molecule has 1 amide bonds. The van der Waals surface area contributed by atoms with Crippen molar-refractivity contribution in [1.82, 2.24) is 9.97 Å². The fourth-order valence-corrected chi connectivity index (χ4v) is 2.43. The SMILES string of the molecule is CC1(c2cccc(NC(=O)c3cnccn3)c2)COCC(N)=N1.Cl. The van der Waals surface area contributed by atoms with Gasteiger partial charge >= 0.3 is 0 Å². The number of hydrogen-bond donors (Lipinski definition) is 2. The Morgan fingerprint density at radius 1 is 1.38 bits per heavy atom. The summed E-state index contributed by atoms with van der Waals surface area (Å²) in [5.74, 6) is 0.149. The van der Waals surface area contributed by atoms with Gasteiger partial charge in [0, 0.05) is 18.1 Å². The van der Waals surface area contributed by atoms with Crippen LogP contribution in [0.1, 0.15) is 23.0 Å². The summed E-state index contributed by atoms with van der Waals surface area (Å²) in [7, 11) is 0. The lowest BCUT2D eigenvalue weighted by molar-refractivity contribution is 0.102. The Hall–Kier alpha value is -2.51. The van der Waals surface area contributed by atoms with Crippen LogP contribution >= 0.6 is 12.4 Å². The zero-order chi connectivity index (χ0) is 16.3. The van der Waals surface area contributed by atoms with E-state index < -0.39 is 5.54 Å². The number of aliphatic imine (C=N–C) groups is 1. The highest BCUT2D eigenvalue weighted by Crippen LogP contribution is 2.29. The Kier molecular flexibility index (Phi) is 5.48. The summed E-state index contributed by atoms with van der Waals surface area (Å²) in [4.78, 5) is 24.5. The molecule has 0 fully saturated rings. The molecule has 0 saturated heterocycles. The van der Waals surface area contributed by atoms with E-state index in [1.807, 2.05) is 25.1 Å². The summed E-state index contributed by atoms with van der Waals surface area (Å²) in [5.41, 5.74) is 7.05. The third-order valence-electron chi connectivity index (χ3n) is 3.56. The molecule has 0 spiro atoms. The van der Waals surface area contributed by atoms with Gasteiger partial charge in [0.1, 0.15) is 23.7 Å². The smallest absolute Gasteiger partial charge is 0.275 e. The number of amides is 1. The van der Waals surface area contributed by atoms with Crippen LogP contribution in [0.25, 0.3) is 0 Å². The Bertz CT molecular complexity index is 753. The van der Waals surface area contributed by atoms with E-state index in [1.165, 1.54) is 18.6 Å². The molecule has 0 saturated carbocycles. The van der Waals surface area contributed by atoms with Gasteiger partial charge < -0.3 is 15.8 Å². The second-order valence-corrected chi connectivity index (χ2v) is 5.50. The number of benzene rings is 1. The fourth-order valence-electron chi connectivity index (χ4n) is 2.43. The van der Waals surface area contributed by atoms with Crippen molar-refractivity contribution < 1.29 is 9.53 Å². The molecule has 2 heterocycles. The fraction of sp³-hybridized carbons (Fsp3) is 0.250. The molecule has 0 radical (unpaired) electrons. The first-order valence-electron chi connectivity index (χ1n) is 7.17. The number of nitrogens with one attached hydrogen (secondary N) is 1. The highest BCUT2D eigenvalue weighted by molar-refractivity contribution is 6.02. The standard InChI is InChI=1S/C16H17N5O2.ClH/c1-16(10-23-9-14(17)21-16)11-3-2-4-12(7-11)20-15(22)13-8-18-5-6-19-13;/h2-8H,9-10H2,1H3,(H2,17,21)(H,20,22);1H. The predicted molar refractivity (Wildman–Crippen MR) is 93.5 cm³/mol. The number of nitrogens with zero attached hydrogens (tertiary/aromatic N) is 3. The van der Waals surface area contributed by atoms with Crippen molar-refractivity contribution in [2.24, 2.45) is 10.7 Å². The number of carbonyl (C=O) groups excluding carboxylic acids is 1. The first-order chi connectivity index (χ1) is 11.1. The first kappa shape index (κ1) is 17.8. The number of hydrogen-bond acceptors (Lipinski definition) is 6. The lowest BCUT2D eigenvalue weighted by Gasteiger charge is -2.30. The van der Waals surface area contributed by atoms with Crippen molar-refractivity contribution in [3.8, 4) is 0 Å². The normalized spacial score (nSPS) is 19.8. The number of anilines is 1. The Morgan fingerprint density at radius 3 is 2.92 bits per heavy atom. The largest absolute Gasteiger partial charge is 0.386 e. The molecule has 2 aromatic rings. The summed E-state index contributed by atoms with van der Waals surface area (Å²) >= 11 is 0. The topological polar surface area (TPSA) is 102 Å². The number of ether oxygens (including phenoxy) is 1. The second-order valence-electron chi connectivity index (χ2n) is 5.50. The van der Waals surface area contributed by atoms with Crippen molar-refractivity contribution >= 4 is 29.8 Å². The minimum Gasteiger partial charge on any atom is -0.386 e. The molecular weight excluding hydrogens is 330 g/mol. The second kappa shape index (κ2) is 7.37. The number of aromatic nitrogens is 2. The van der Waals surface area contributed by atoms with Gasteiger partial charge in [0.25, 0.3) is 5.91 Å². The molecule has 1 aromatic carbocycles. The van der Waals surface area contributed by atoms with E-state index in [0.717, 1.165) is 5.56 Å². The van der Waals surface area contributed by atoms with Gasteiger partial charge in [0.05, 0.1) is 12.8 Å². The van der Waals surface area contributed by atoms with Crippen molar-refractivity contribution in [1.29, 1.82) is 0 Å².